The lowest BCUT2D eigenvalue weighted by Crippen LogP contribution is -2.15. The first kappa shape index (κ1) is 11.9. The van der Waals surface area contributed by atoms with E-state index in [9.17, 15) is 0 Å². The zero-order valence-electron chi connectivity index (χ0n) is 10.7. The molecule has 0 saturated heterocycles. The molecule has 0 spiro atoms. The summed E-state index contributed by atoms with van der Waals surface area (Å²) in [6, 6.07) is 8.14. The minimum absolute atomic E-state index is 0.510. The molecule has 2 aromatic rings. The molecule has 3 rings (SSSR count). The van der Waals surface area contributed by atoms with E-state index in [4.69, 9.17) is 5.73 Å². The molecule has 2 heterocycles. The summed E-state index contributed by atoms with van der Waals surface area (Å²) in [6.45, 7) is 0. The smallest absolute Gasteiger partial charge is 0.148 e. The summed E-state index contributed by atoms with van der Waals surface area (Å²) < 4.78 is 0. The van der Waals surface area contributed by atoms with Gasteiger partial charge < -0.3 is 11.1 Å². The van der Waals surface area contributed by atoms with Crippen molar-refractivity contribution in [1.82, 2.24) is 15.2 Å². The van der Waals surface area contributed by atoms with Crippen LogP contribution in [-0.2, 0) is 0 Å². The summed E-state index contributed by atoms with van der Waals surface area (Å²) in [6.07, 6.45) is 6.78. The quantitative estimate of drug-likeness (QED) is 0.881. The van der Waals surface area contributed by atoms with Crippen molar-refractivity contribution in [2.24, 2.45) is 0 Å². The SMILES string of the molecule is Nc1ccc(-c2ccc(NC3CCCC3)nn2)cn1. The summed E-state index contributed by atoms with van der Waals surface area (Å²) in [4.78, 5) is 4.06. The molecule has 1 saturated carbocycles. The van der Waals surface area contributed by atoms with Gasteiger partial charge in [-0.15, -0.1) is 10.2 Å². The highest BCUT2D eigenvalue weighted by Crippen LogP contribution is 2.22. The molecule has 0 unspecified atom stereocenters. The lowest BCUT2D eigenvalue weighted by molar-refractivity contribution is 0.746. The Morgan fingerprint density at radius 2 is 1.89 bits per heavy atom. The van der Waals surface area contributed by atoms with Crippen molar-refractivity contribution in [3.05, 3.63) is 30.5 Å². The Hall–Kier alpha value is -2.17. The molecule has 0 aliphatic heterocycles. The lowest BCUT2D eigenvalue weighted by Gasteiger charge is -2.11. The van der Waals surface area contributed by atoms with E-state index in [0.717, 1.165) is 17.1 Å². The molecule has 0 aromatic carbocycles. The number of nitrogens with two attached hydrogens (primary N) is 1. The maximum atomic E-state index is 5.56. The van der Waals surface area contributed by atoms with Gasteiger partial charge >= 0.3 is 0 Å². The van der Waals surface area contributed by atoms with Crippen molar-refractivity contribution in [2.45, 2.75) is 31.7 Å². The first-order chi connectivity index (χ1) is 9.31. The lowest BCUT2D eigenvalue weighted by atomic mass is 10.2. The van der Waals surface area contributed by atoms with Crippen LogP contribution in [0.3, 0.4) is 0 Å². The third-order valence-electron chi connectivity index (χ3n) is 3.45. The van der Waals surface area contributed by atoms with Crippen LogP contribution in [0, 0.1) is 0 Å². The van der Waals surface area contributed by atoms with Crippen LogP contribution >= 0.6 is 0 Å². The molecule has 5 nitrogen and oxygen atoms in total. The minimum atomic E-state index is 0.510. The van der Waals surface area contributed by atoms with Gasteiger partial charge in [0.05, 0.1) is 5.69 Å². The second-order valence-corrected chi connectivity index (χ2v) is 4.90. The van der Waals surface area contributed by atoms with Gasteiger partial charge in [0, 0.05) is 17.8 Å². The van der Waals surface area contributed by atoms with Crippen molar-refractivity contribution in [3.63, 3.8) is 0 Å². The highest BCUT2D eigenvalue weighted by atomic mass is 15.2. The second-order valence-electron chi connectivity index (χ2n) is 4.90. The molecular formula is C14H17N5. The van der Waals surface area contributed by atoms with E-state index in [0.29, 0.717) is 11.9 Å². The number of nitrogens with one attached hydrogen (secondary N) is 1. The molecular weight excluding hydrogens is 238 g/mol. The number of rotatable bonds is 3. The summed E-state index contributed by atoms with van der Waals surface area (Å²) in [5.41, 5.74) is 7.30. The molecule has 98 valence electrons. The molecule has 1 aliphatic rings. The van der Waals surface area contributed by atoms with Crippen LogP contribution in [0.2, 0.25) is 0 Å². The zero-order valence-corrected chi connectivity index (χ0v) is 10.7. The van der Waals surface area contributed by atoms with E-state index >= 15 is 0 Å². The third-order valence-corrected chi connectivity index (χ3v) is 3.45. The largest absolute Gasteiger partial charge is 0.384 e. The normalized spacial score (nSPS) is 15.6. The predicted octanol–water partition coefficient (Wildman–Crippen LogP) is 2.48. The average Bonchev–Trinajstić information content (AvgIpc) is 2.94. The second kappa shape index (κ2) is 5.22. The number of hydrogen-bond donors (Lipinski definition) is 2. The summed E-state index contributed by atoms with van der Waals surface area (Å²) in [5.74, 6) is 1.36. The van der Waals surface area contributed by atoms with Gasteiger partial charge in [-0.3, -0.25) is 0 Å². The van der Waals surface area contributed by atoms with Gasteiger partial charge in [-0.1, -0.05) is 12.8 Å². The number of pyridine rings is 1. The van der Waals surface area contributed by atoms with Crippen LogP contribution in [0.15, 0.2) is 30.5 Å². The third kappa shape index (κ3) is 2.81. The van der Waals surface area contributed by atoms with Crippen molar-refractivity contribution >= 4 is 11.6 Å². The first-order valence-corrected chi connectivity index (χ1v) is 6.63. The van der Waals surface area contributed by atoms with Crippen molar-refractivity contribution in [3.8, 4) is 11.3 Å². The molecule has 1 aliphatic carbocycles. The summed E-state index contributed by atoms with van der Waals surface area (Å²) >= 11 is 0. The maximum absolute atomic E-state index is 5.56. The first-order valence-electron chi connectivity index (χ1n) is 6.63. The Kier molecular flexibility index (Phi) is 3.27. The number of nitrogens with zero attached hydrogens (tertiary/aromatic N) is 3. The molecule has 1 fully saturated rings. The van der Waals surface area contributed by atoms with Crippen LogP contribution in [0.25, 0.3) is 11.3 Å². The van der Waals surface area contributed by atoms with Crippen molar-refractivity contribution < 1.29 is 0 Å². The van der Waals surface area contributed by atoms with Gasteiger partial charge in [-0.2, -0.15) is 0 Å². The number of aromatic nitrogens is 3. The van der Waals surface area contributed by atoms with E-state index < -0.39 is 0 Å². The Morgan fingerprint density at radius 3 is 2.53 bits per heavy atom. The number of hydrogen-bond acceptors (Lipinski definition) is 5. The van der Waals surface area contributed by atoms with E-state index in [1.807, 2.05) is 18.2 Å². The molecule has 3 N–H and O–H groups in total. The van der Waals surface area contributed by atoms with Crippen LogP contribution < -0.4 is 11.1 Å². The van der Waals surface area contributed by atoms with Gasteiger partial charge in [0.2, 0.25) is 0 Å². The molecule has 5 heteroatoms. The van der Waals surface area contributed by atoms with Crippen LogP contribution in [0.1, 0.15) is 25.7 Å². The fraction of sp³-hybridized carbons (Fsp3) is 0.357. The van der Waals surface area contributed by atoms with E-state index in [1.54, 1.807) is 12.3 Å². The van der Waals surface area contributed by atoms with Crippen LogP contribution in [-0.4, -0.2) is 21.2 Å². The minimum Gasteiger partial charge on any atom is -0.384 e. The zero-order chi connectivity index (χ0) is 13.1. The molecule has 0 atom stereocenters. The van der Waals surface area contributed by atoms with Crippen LogP contribution in [0.4, 0.5) is 11.6 Å². The summed E-state index contributed by atoms with van der Waals surface area (Å²) in [5, 5.41) is 11.9. The fourth-order valence-corrected chi connectivity index (χ4v) is 2.40. The Bertz CT molecular complexity index is 529. The Morgan fingerprint density at radius 1 is 1.05 bits per heavy atom. The molecule has 2 aromatic heterocycles. The standard InChI is InChI=1S/C14H17N5/c15-13-7-5-10(9-16-13)12-6-8-14(19-18-12)17-11-3-1-2-4-11/h5-9,11H,1-4H2,(H2,15,16)(H,17,19). The van der Waals surface area contributed by atoms with Crippen molar-refractivity contribution in [1.29, 1.82) is 0 Å². The van der Waals surface area contributed by atoms with Gasteiger partial charge in [0.1, 0.15) is 11.6 Å². The van der Waals surface area contributed by atoms with E-state index in [-0.39, 0.29) is 0 Å². The topological polar surface area (TPSA) is 76.7 Å². The van der Waals surface area contributed by atoms with Gasteiger partial charge in [0.15, 0.2) is 0 Å². The Balaban J connectivity index is 1.72. The average molecular weight is 255 g/mol. The molecule has 19 heavy (non-hydrogen) atoms. The fourth-order valence-electron chi connectivity index (χ4n) is 2.40. The molecule has 0 amide bonds. The number of nitrogen functional groups attached to an aromatic ring is 1. The van der Waals surface area contributed by atoms with Crippen molar-refractivity contribution in [2.75, 3.05) is 11.1 Å². The number of anilines is 2. The molecule has 0 bridgehead atoms. The molecule has 0 radical (unpaired) electrons. The van der Waals surface area contributed by atoms with Gasteiger partial charge in [-0.25, -0.2) is 4.98 Å². The summed E-state index contributed by atoms with van der Waals surface area (Å²) in [7, 11) is 0. The highest BCUT2D eigenvalue weighted by molar-refractivity contribution is 5.59. The highest BCUT2D eigenvalue weighted by Gasteiger charge is 2.15. The van der Waals surface area contributed by atoms with E-state index in [1.165, 1.54) is 25.7 Å². The Labute approximate surface area is 112 Å². The maximum Gasteiger partial charge on any atom is 0.148 e. The predicted molar refractivity (Wildman–Crippen MR) is 75.6 cm³/mol. The van der Waals surface area contributed by atoms with E-state index in [2.05, 4.69) is 20.5 Å². The monoisotopic (exact) mass is 255 g/mol. The van der Waals surface area contributed by atoms with Gasteiger partial charge in [-0.05, 0) is 37.1 Å². The van der Waals surface area contributed by atoms with Crippen LogP contribution in [0.5, 0.6) is 0 Å². The van der Waals surface area contributed by atoms with Gasteiger partial charge in [0.25, 0.3) is 0 Å².